The molecule has 2 aliphatic rings. The van der Waals surface area contributed by atoms with Gasteiger partial charge in [-0.15, -0.1) is 10.2 Å². The fraction of sp³-hybridized carbons (Fsp3) is 0.375. The van der Waals surface area contributed by atoms with E-state index in [-0.39, 0.29) is 13.0 Å². The SMILES string of the molecule is CN(C)C(=O)N1CCc2cc(F)c(C(=O)Nc3cccc(-c4nnc5n4CCCC5)n3)cc2C1.[HH]. The Labute approximate surface area is 198 Å². The van der Waals surface area contributed by atoms with Crippen molar-refractivity contribution >= 4 is 17.8 Å². The lowest BCUT2D eigenvalue weighted by Crippen LogP contribution is -2.42. The number of carbonyl (C=O) groups excluding carboxylic acids is 2. The highest BCUT2D eigenvalue weighted by atomic mass is 19.1. The first-order valence-corrected chi connectivity index (χ1v) is 11.4. The minimum atomic E-state index is -0.593. The third-order valence-corrected chi connectivity index (χ3v) is 6.28. The van der Waals surface area contributed by atoms with Crippen molar-refractivity contribution in [1.82, 2.24) is 29.5 Å². The maximum atomic E-state index is 14.8. The fourth-order valence-corrected chi connectivity index (χ4v) is 4.51. The standard InChI is InChI=1S/C24H26FN7O2.H2/c1-30(2)24(34)31-11-9-15-13-18(25)17(12-16(15)14-31)23(33)27-20-7-5-6-19(26-20)22-29-28-21-8-3-4-10-32(21)22;/h5-7,12-13H,3-4,8-11,14H2,1-2H3,(H,26,27,33);1H. The number of halogens is 1. The van der Waals surface area contributed by atoms with Crippen LogP contribution in [0, 0.1) is 5.82 Å². The van der Waals surface area contributed by atoms with Crippen LogP contribution in [0.2, 0.25) is 0 Å². The Morgan fingerprint density at radius 1 is 1.09 bits per heavy atom. The monoisotopic (exact) mass is 465 g/mol. The predicted molar refractivity (Wildman–Crippen MR) is 126 cm³/mol. The third kappa shape index (κ3) is 4.11. The van der Waals surface area contributed by atoms with E-state index in [2.05, 4.69) is 25.1 Å². The van der Waals surface area contributed by atoms with Crippen molar-refractivity contribution in [2.45, 2.75) is 38.8 Å². The van der Waals surface area contributed by atoms with E-state index in [1.54, 1.807) is 31.1 Å². The van der Waals surface area contributed by atoms with Crippen molar-refractivity contribution < 1.29 is 15.4 Å². The van der Waals surface area contributed by atoms with Crippen molar-refractivity contribution in [3.8, 4) is 11.5 Å². The molecule has 0 saturated carbocycles. The van der Waals surface area contributed by atoms with Crippen LogP contribution in [-0.4, -0.2) is 62.1 Å². The molecule has 1 aromatic carbocycles. The van der Waals surface area contributed by atoms with Gasteiger partial charge in [0, 0.05) is 41.6 Å². The van der Waals surface area contributed by atoms with Crippen LogP contribution < -0.4 is 5.32 Å². The van der Waals surface area contributed by atoms with Crippen LogP contribution in [0.4, 0.5) is 15.0 Å². The number of pyridine rings is 1. The number of urea groups is 1. The summed E-state index contributed by atoms with van der Waals surface area (Å²) < 4.78 is 16.9. The summed E-state index contributed by atoms with van der Waals surface area (Å²) in [5, 5.41) is 11.2. The number of hydrogen-bond donors (Lipinski definition) is 1. The number of hydrogen-bond acceptors (Lipinski definition) is 5. The van der Waals surface area contributed by atoms with Gasteiger partial charge in [-0.2, -0.15) is 0 Å². The average molecular weight is 466 g/mol. The smallest absolute Gasteiger partial charge is 0.319 e. The summed E-state index contributed by atoms with van der Waals surface area (Å²) in [6, 6.07) is 8.07. The van der Waals surface area contributed by atoms with Gasteiger partial charge in [0.1, 0.15) is 23.2 Å². The van der Waals surface area contributed by atoms with Crippen LogP contribution in [0.1, 0.15) is 41.6 Å². The summed E-state index contributed by atoms with van der Waals surface area (Å²) in [5.41, 5.74) is 2.10. The lowest BCUT2D eigenvalue weighted by Gasteiger charge is -2.31. The quantitative estimate of drug-likeness (QED) is 0.640. The highest BCUT2D eigenvalue weighted by Gasteiger charge is 2.25. The van der Waals surface area contributed by atoms with E-state index in [1.165, 1.54) is 17.0 Å². The van der Waals surface area contributed by atoms with Crippen molar-refractivity contribution in [2.75, 3.05) is 26.0 Å². The van der Waals surface area contributed by atoms with Gasteiger partial charge in [0.05, 0.1) is 5.56 Å². The number of nitrogens with one attached hydrogen (secondary N) is 1. The number of amides is 3. The Bertz CT molecular complexity index is 1280. The molecule has 178 valence electrons. The van der Waals surface area contributed by atoms with E-state index < -0.39 is 11.7 Å². The minimum Gasteiger partial charge on any atom is -0.331 e. The second-order valence-electron chi connectivity index (χ2n) is 8.86. The highest BCUT2D eigenvalue weighted by molar-refractivity contribution is 6.04. The Kier molecular flexibility index (Phi) is 5.72. The molecule has 5 rings (SSSR count). The van der Waals surface area contributed by atoms with Gasteiger partial charge < -0.3 is 19.7 Å². The van der Waals surface area contributed by atoms with Gasteiger partial charge in [0.25, 0.3) is 5.91 Å². The molecule has 2 aromatic heterocycles. The lowest BCUT2D eigenvalue weighted by atomic mass is 9.96. The number of rotatable bonds is 3. The number of anilines is 1. The Morgan fingerprint density at radius 2 is 1.94 bits per heavy atom. The van der Waals surface area contributed by atoms with Gasteiger partial charge in [0.2, 0.25) is 0 Å². The van der Waals surface area contributed by atoms with Crippen molar-refractivity contribution in [3.05, 3.63) is 58.7 Å². The second-order valence-corrected chi connectivity index (χ2v) is 8.86. The van der Waals surface area contributed by atoms with E-state index in [0.29, 0.717) is 36.8 Å². The van der Waals surface area contributed by atoms with Crippen LogP contribution in [0.25, 0.3) is 11.5 Å². The summed E-state index contributed by atoms with van der Waals surface area (Å²) in [6.07, 6.45) is 3.58. The molecule has 0 spiro atoms. The third-order valence-electron chi connectivity index (χ3n) is 6.28. The van der Waals surface area contributed by atoms with Gasteiger partial charge in [-0.3, -0.25) is 4.79 Å². The van der Waals surface area contributed by atoms with Gasteiger partial charge in [0.15, 0.2) is 5.82 Å². The van der Waals surface area contributed by atoms with E-state index in [4.69, 9.17) is 0 Å². The highest BCUT2D eigenvalue weighted by Crippen LogP contribution is 2.25. The normalized spacial score (nSPS) is 14.9. The van der Waals surface area contributed by atoms with Crippen LogP contribution in [-0.2, 0) is 25.9 Å². The van der Waals surface area contributed by atoms with E-state index in [1.807, 2.05) is 6.07 Å². The summed E-state index contributed by atoms with van der Waals surface area (Å²) in [6.45, 7) is 1.68. The molecule has 4 heterocycles. The fourth-order valence-electron chi connectivity index (χ4n) is 4.51. The summed E-state index contributed by atoms with van der Waals surface area (Å²) in [4.78, 5) is 33.0. The minimum absolute atomic E-state index is 0. The molecule has 0 saturated heterocycles. The molecule has 0 radical (unpaired) electrons. The van der Waals surface area contributed by atoms with Crippen molar-refractivity contribution in [1.29, 1.82) is 0 Å². The van der Waals surface area contributed by atoms with Crippen LogP contribution in [0.3, 0.4) is 0 Å². The first kappa shape index (κ1) is 22.0. The number of aromatic nitrogens is 4. The molecule has 0 atom stereocenters. The zero-order valence-electron chi connectivity index (χ0n) is 19.2. The lowest BCUT2D eigenvalue weighted by molar-refractivity contribution is 0.102. The maximum absolute atomic E-state index is 14.8. The van der Waals surface area contributed by atoms with Gasteiger partial charge >= 0.3 is 6.03 Å². The summed E-state index contributed by atoms with van der Waals surface area (Å²) in [5.74, 6) is 0.722. The summed E-state index contributed by atoms with van der Waals surface area (Å²) in [7, 11) is 3.38. The Morgan fingerprint density at radius 3 is 2.76 bits per heavy atom. The molecule has 2 aliphatic heterocycles. The van der Waals surface area contributed by atoms with Crippen molar-refractivity contribution in [2.24, 2.45) is 0 Å². The Balaban J connectivity index is 0.00000289. The largest absolute Gasteiger partial charge is 0.331 e. The van der Waals surface area contributed by atoms with Gasteiger partial charge in [-0.05, 0) is 54.7 Å². The maximum Gasteiger partial charge on any atom is 0.319 e. The molecule has 0 fully saturated rings. The number of nitrogens with zero attached hydrogens (tertiary/aromatic N) is 6. The number of benzene rings is 1. The molecule has 34 heavy (non-hydrogen) atoms. The zero-order chi connectivity index (χ0) is 23.8. The second kappa shape index (κ2) is 8.85. The van der Waals surface area contributed by atoms with Gasteiger partial charge in [-0.25, -0.2) is 14.2 Å². The van der Waals surface area contributed by atoms with Crippen LogP contribution >= 0.6 is 0 Å². The summed E-state index contributed by atoms with van der Waals surface area (Å²) >= 11 is 0. The van der Waals surface area contributed by atoms with E-state index in [0.717, 1.165) is 42.8 Å². The predicted octanol–water partition coefficient (Wildman–Crippen LogP) is 3.35. The molecule has 10 heteroatoms. The van der Waals surface area contributed by atoms with E-state index in [9.17, 15) is 14.0 Å². The van der Waals surface area contributed by atoms with Crippen molar-refractivity contribution in [3.63, 3.8) is 0 Å². The molecule has 1 N–H and O–H groups in total. The Hall–Kier alpha value is -3.82. The van der Waals surface area contributed by atoms with E-state index >= 15 is 0 Å². The number of fused-ring (bicyclic) bond motifs is 2. The zero-order valence-corrected chi connectivity index (χ0v) is 19.2. The first-order valence-electron chi connectivity index (χ1n) is 11.4. The topological polar surface area (TPSA) is 96.3 Å². The molecule has 0 unspecified atom stereocenters. The first-order chi connectivity index (χ1) is 16.4. The molecule has 0 bridgehead atoms. The van der Waals surface area contributed by atoms with Crippen LogP contribution in [0.5, 0.6) is 0 Å². The average Bonchev–Trinajstić information content (AvgIpc) is 3.27. The number of aryl methyl sites for hydroxylation is 1. The molecule has 3 aromatic rings. The molecule has 9 nitrogen and oxygen atoms in total. The molecule has 0 aliphatic carbocycles. The van der Waals surface area contributed by atoms with Gasteiger partial charge in [-0.1, -0.05) is 6.07 Å². The molecule has 3 amide bonds. The van der Waals surface area contributed by atoms with Crippen LogP contribution in [0.15, 0.2) is 30.3 Å². The molecular weight excluding hydrogens is 437 g/mol. The number of carbonyl (C=O) groups is 2. The molecular formula is C24H28FN7O2.